The molecule has 17 heavy (non-hydrogen) atoms. The molecule has 1 aromatic rings. The molecule has 0 bridgehead atoms. The number of carbonyl (C=O) groups excluding carboxylic acids is 1. The summed E-state index contributed by atoms with van der Waals surface area (Å²) < 4.78 is 0. The van der Waals surface area contributed by atoms with Crippen molar-refractivity contribution < 1.29 is 15.0 Å². The lowest BCUT2D eigenvalue weighted by atomic mass is 9.99. The lowest BCUT2D eigenvalue weighted by molar-refractivity contribution is -0.104. The first-order valence-electron chi connectivity index (χ1n) is 5.86. The van der Waals surface area contributed by atoms with Gasteiger partial charge in [-0.05, 0) is 30.5 Å². The number of phenolic OH excluding ortho intramolecular Hbond substituents is 2. The van der Waals surface area contributed by atoms with E-state index in [2.05, 4.69) is 6.92 Å². The Bertz CT molecular complexity index is 408. The molecular weight excluding hydrogens is 216 g/mol. The Kier molecular flexibility index (Phi) is 5.27. The maximum atomic E-state index is 10.3. The summed E-state index contributed by atoms with van der Waals surface area (Å²) in [6.07, 6.45) is 7.55. The summed E-state index contributed by atoms with van der Waals surface area (Å²) in [6, 6.07) is 3.14. The van der Waals surface area contributed by atoms with Crippen LogP contribution in [0.4, 0.5) is 0 Å². The lowest BCUT2D eigenvalue weighted by Gasteiger charge is -2.09. The average Bonchev–Trinajstić information content (AvgIpc) is 2.33. The monoisotopic (exact) mass is 234 g/mol. The van der Waals surface area contributed by atoms with E-state index in [1.807, 2.05) is 0 Å². The van der Waals surface area contributed by atoms with Crippen molar-refractivity contribution in [3.8, 4) is 11.5 Å². The number of hydrogen-bond acceptors (Lipinski definition) is 3. The Morgan fingerprint density at radius 3 is 2.65 bits per heavy atom. The minimum Gasteiger partial charge on any atom is -0.504 e. The van der Waals surface area contributed by atoms with Gasteiger partial charge < -0.3 is 10.2 Å². The molecule has 92 valence electrons. The van der Waals surface area contributed by atoms with E-state index in [9.17, 15) is 15.0 Å². The highest BCUT2D eigenvalue weighted by molar-refractivity contribution is 5.75. The van der Waals surface area contributed by atoms with Gasteiger partial charge in [0.15, 0.2) is 11.5 Å². The van der Waals surface area contributed by atoms with Gasteiger partial charge in [0.1, 0.15) is 6.29 Å². The third-order valence-corrected chi connectivity index (χ3v) is 2.68. The summed E-state index contributed by atoms with van der Waals surface area (Å²) in [5, 5.41) is 19.3. The van der Waals surface area contributed by atoms with Crippen molar-refractivity contribution in [1.82, 2.24) is 0 Å². The van der Waals surface area contributed by atoms with Crippen LogP contribution in [0.5, 0.6) is 11.5 Å². The fourth-order valence-electron chi connectivity index (χ4n) is 1.75. The number of unbranched alkanes of at least 4 members (excludes halogenated alkanes) is 2. The summed E-state index contributed by atoms with van der Waals surface area (Å²) in [5.74, 6) is -0.186. The smallest absolute Gasteiger partial charge is 0.161 e. The number of aromatic hydroxyl groups is 2. The van der Waals surface area contributed by atoms with Crippen LogP contribution in [0.1, 0.15) is 37.3 Å². The van der Waals surface area contributed by atoms with Gasteiger partial charge in [-0.15, -0.1) is 0 Å². The number of allylic oxidation sites excluding steroid dienone is 1. The zero-order valence-electron chi connectivity index (χ0n) is 10.0. The normalized spacial score (nSPS) is 10.9. The van der Waals surface area contributed by atoms with Crippen molar-refractivity contribution >= 4 is 12.4 Å². The average molecular weight is 234 g/mol. The zero-order chi connectivity index (χ0) is 12.7. The molecule has 1 rings (SSSR count). The SMILES string of the molecule is CCCCCc1c(/C=C/C=O)ccc(O)c1O. The fraction of sp³-hybridized carbons (Fsp3) is 0.357. The standard InChI is InChI=1S/C14H18O3/c1-2-3-4-7-12-11(6-5-10-15)8-9-13(16)14(12)17/h5-6,8-10,16-17H,2-4,7H2,1H3/b6-5+. The molecule has 0 aliphatic rings. The van der Waals surface area contributed by atoms with Crippen molar-refractivity contribution in [3.05, 3.63) is 29.3 Å². The van der Waals surface area contributed by atoms with Crippen LogP contribution in [0.3, 0.4) is 0 Å². The number of carbonyl (C=O) groups is 1. The van der Waals surface area contributed by atoms with Crippen LogP contribution in [0.2, 0.25) is 0 Å². The van der Waals surface area contributed by atoms with E-state index >= 15 is 0 Å². The highest BCUT2D eigenvalue weighted by atomic mass is 16.3. The van der Waals surface area contributed by atoms with Crippen molar-refractivity contribution in [2.45, 2.75) is 32.6 Å². The molecular formula is C14H18O3. The summed E-state index contributed by atoms with van der Waals surface area (Å²) in [4.78, 5) is 10.3. The van der Waals surface area contributed by atoms with Gasteiger partial charge in [-0.25, -0.2) is 0 Å². The van der Waals surface area contributed by atoms with Crippen molar-refractivity contribution in [3.63, 3.8) is 0 Å². The van der Waals surface area contributed by atoms with Gasteiger partial charge in [-0.2, -0.15) is 0 Å². The van der Waals surface area contributed by atoms with Crippen LogP contribution >= 0.6 is 0 Å². The minimum atomic E-state index is -0.111. The molecule has 0 heterocycles. The second kappa shape index (κ2) is 6.74. The molecule has 1 aromatic carbocycles. The first-order chi connectivity index (χ1) is 8.20. The first kappa shape index (κ1) is 13.3. The Morgan fingerprint density at radius 1 is 1.24 bits per heavy atom. The topological polar surface area (TPSA) is 57.5 Å². The van der Waals surface area contributed by atoms with Gasteiger partial charge >= 0.3 is 0 Å². The van der Waals surface area contributed by atoms with Crippen LogP contribution in [-0.4, -0.2) is 16.5 Å². The Balaban J connectivity index is 2.98. The molecule has 3 heteroatoms. The van der Waals surface area contributed by atoms with Crippen LogP contribution in [-0.2, 0) is 11.2 Å². The molecule has 0 saturated carbocycles. The van der Waals surface area contributed by atoms with Crippen molar-refractivity contribution in [1.29, 1.82) is 0 Å². The lowest BCUT2D eigenvalue weighted by Crippen LogP contribution is -1.91. The van der Waals surface area contributed by atoms with E-state index in [1.54, 1.807) is 12.1 Å². The van der Waals surface area contributed by atoms with Crippen molar-refractivity contribution in [2.75, 3.05) is 0 Å². The van der Waals surface area contributed by atoms with Crippen LogP contribution in [0.25, 0.3) is 6.08 Å². The molecule has 0 radical (unpaired) electrons. The summed E-state index contributed by atoms with van der Waals surface area (Å²) >= 11 is 0. The van der Waals surface area contributed by atoms with Crippen molar-refractivity contribution in [2.24, 2.45) is 0 Å². The number of phenols is 2. The van der Waals surface area contributed by atoms with E-state index in [0.29, 0.717) is 18.3 Å². The molecule has 0 saturated heterocycles. The Hall–Kier alpha value is -1.77. The zero-order valence-corrected chi connectivity index (χ0v) is 10.0. The largest absolute Gasteiger partial charge is 0.504 e. The van der Waals surface area contributed by atoms with Crippen LogP contribution in [0, 0.1) is 0 Å². The third-order valence-electron chi connectivity index (χ3n) is 2.68. The Labute approximate surface area is 101 Å². The predicted molar refractivity (Wildman–Crippen MR) is 68.1 cm³/mol. The molecule has 3 nitrogen and oxygen atoms in total. The van der Waals surface area contributed by atoms with Gasteiger partial charge in [-0.3, -0.25) is 4.79 Å². The molecule has 0 aliphatic carbocycles. The Morgan fingerprint density at radius 2 is 2.00 bits per heavy atom. The summed E-state index contributed by atoms with van der Waals surface area (Å²) in [5.41, 5.74) is 1.49. The summed E-state index contributed by atoms with van der Waals surface area (Å²) in [7, 11) is 0. The minimum absolute atomic E-state index is 0.0749. The highest BCUT2D eigenvalue weighted by Crippen LogP contribution is 2.33. The van der Waals surface area contributed by atoms with E-state index in [-0.39, 0.29) is 11.5 Å². The van der Waals surface area contributed by atoms with Gasteiger partial charge in [0.05, 0.1) is 0 Å². The fourth-order valence-corrected chi connectivity index (χ4v) is 1.75. The summed E-state index contributed by atoms with van der Waals surface area (Å²) in [6.45, 7) is 2.11. The molecule has 0 aliphatic heterocycles. The predicted octanol–water partition coefficient (Wildman–Crippen LogP) is 3.04. The van der Waals surface area contributed by atoms with E-state index in [4.69, 9.17) is 0 Å². The molecule has 0 aromatic heterocycles. The maximum absolute atomic E-state index is 10.3. The van der Waals surface area contributed by atoms with Crippen LogP contribution in [0.15, 0.2) is 18.2 Å². The first-order valence-corrected chi connectivity index (χ1v) is 5.86. The number of hydrogen-bond donors (Lipinski definition) is 2. The van der Waals surface area contributed by atoms with E-state index in [1.165, 1.54) is 12.1 Å². The molecule has 2 N–H and O–H groups in total. The highest BCUT2D eigenvalue weighted by Gasteiger charge is 2.10. The maximum Gasteiger partial charge on any atom is 0.161 e. The number of rotatable bonds is 6. The van der Waals surface area contributed by atoms with E-state index < -0.39 is 0 Å². The third kappa shape index (κ3) is 3.63. The molecule has 0 spiro atoms. The van der Waals surface area contributed by atoms with E-state index in [0.717, 1.165) is 24.8 Å². The molecule has 0 atom stereocenters. The number of benzene rings is 1. The van der Waals surface area contributed by atoms with Gasteiger partial charge in [-0.1, -0.05) is 31.9 Å². The quantitative estimate of drug-likeness (QED) is 0.344. The van der Waals surface area contributed by atoms with Gasteiger partial charge in [0.25, 0.3) is 0 Å². The van der Waals surface area contributed by atoms with Gasteiger partial charge in [0.2, 0.25) is 0 Å². The second-order valence-electron chi connectivity index (χ2n) is 3.95. The molecule has 0 fully saturated rings. The molecule has 0 unspecified atom stereocenters. The van der Waals surface area contributed by atoms with Gasteiger partial charge in [0, 0.05) is 5.56 Å². The number of aldehydes is 1. The second-order valence-corrected chi connectivity index (χ2v) is 3.95. The molecule has 0 amide bonds. The van der Waals surface area contributed by atoms with Crippen LogP contribution < -0.4 is 0 Å².